The molecule has 0 unspecified atom stereocenters. The van der Waals surface area contributed by atoms with Crippen LogP contribution in [0.5, 0.6) is 5.75 Å². The number of benzene rings is 2. The Morgan fingerprint density at radius 2 is 2.08 bits per heavy atom. The highest BCUT2D eigenvalue weighted by atomic mass is 35.5. The summed E-state index contributed by atoms with van der Waals surface area (Å²) < 4.78 is 5.76. The van der Waals surface area contributed by atoms with Crippen LogP contribution in [0.1, 0.15) is 11.1 Å². The van der Waals surface area contributed by atoms with E-state index in [9.17, 15) is 4.79 Å². The lowest BCUT2D eigenvalue weighted by Gasteiger charge is -2.07. The monoisotopic (exact) mass is 355 g/mol. The van der Waals surface area contributed by atoms with Crippen molar-refractivity contribution in [3.63, 3.8) is 0 Å². The van der Waals surface area contributed by atoms with Gasteiger partial charge in [0.05, 0.1) is 12.4 Å². The normalized spacial score (nSPS) is 10.8. The Hall–Kier alpha value is -3.19. The molecule has 0 fully saturated rings. The molecule has 0 aliphatic rings. The second kappa shape index (κ2) is 8.07. The SMILES string of the molecule is O=c1nc(N/N=C/c2cccc(OCc3ccc(Cl)cc3)c2)cn[nH]1. The van der Waals surface area contributed by atoms with Crippen LogP contribution in [0.2, 0.25) is 5.02 Å². The third-order valence-electron chi connectivity index (χ3n) is 3.14. The summed E-state index contributed by atoms with van der Waals surface area (Å²) in [7, 11) is 0. The molecule has 8 heteroatoms. The van der Waals surface area contributed by atoms with Crippen LogP contribution in [0.25, 0.3) is 0 Å². The summed E-state index contributed by atoms with van der Waals surface area (Å²) in [4.78, 5) is 14.7. The molecule has 0 amide bonds. The van der Waals surface area contributed by atoms with E-state index in [1.54, 1.807) is 6.21 Å². The van der Waals surface area contributed by atoms with Crippen molar-refractivity contribution in [1.29, 1.82) is 0 Å². The van der Waals surface area contributed by atoms with Gasteiger partial charge in [0, 0.05) is 5.02 Å². The highest BCUT2D eigenvalue weighted by molar-refractivity contribution is 6.30. The maximum Gasteiger partial charge on any atom is 0.363 e. The van der Waals surface area contributed by atoms with Crippen LogP contribution in [0.3, 0.4) is 0 Å². The van der Waals surface area contributed by atoms with Crippen molar-refractivity contribution in [3.05, 3.63) is 81.4 Å². The summed E-state index contributed by atoms with van der Waals surface area (Å²) in [5, 5.41) is 10.5. The topological polar surface area (TPSA) is 92.3 Å². The fraction of sp³-hybridized carbons (Fsp3) is 0.0588. The van der Waals surface area contributed by atoms with Gasteiger partial charge in [-0.25, -0.2) is 9.89 Å². The third-order valence-corrected chi connectivity index (χ3v) is 3.39. The Morgan fingerprint density at radius 3 is 2.88 bits per heavy atom. The van der Waals surface area contributed by atoms with Gasteiger partial charge in [-0.1, -0.05) is 35.9 Å². The highest BCUT2D eigenvalue weighted by Crippen LogP contribution is 2.15. The molecule has 0 atom stereocenters. The molecule has 0 radical (unpaired) electrons. The van der Waals surface area contributed by atoms with Gasteiger partial charge in [-0.3, -0.25) is 5.43 Å². The fourth-order valence-electron chi connectivity index (χ4n) is 1.97. The zero-order valence-electron chi connectivity index (χ0n) is 13.0. The average Bonchev–Trinajstić information content (AvgIpc) is 2.62. The number of hydrogen-bond acceptors (Lipinski definition) is 6. The Bertz CT molecular complexity index is 925. The predicted molar refractivity (Wildman–Crippen MR) is 96.1 cm³/mol. The van der Waals surface area contributed by atoms with Gasteiger partial charge in [0.25, 0.3) is 0 Å². The molecule has 1 aromatic heterocycles. The molecule has 126 valence electrons. The minimum absolute atomic E-state index is 0.259. The van der Waals surface area contributed by atoms with Crippen molar-refractivity contribution in [2.75, 3.05) is 5.43 Å². The van der Waals surface area contributed by atoms with Crippen LogP contribution in [0, 0.1) is 0 Å². The van der Waals surface area contributed by atoms with Gasteiger partial charge in [0.2, 0.25) is 0 Å². The molecule has 2 aromatic carbocycles. The Balaban J connectivity index is 1.60. The Kier molecular flexibility index (Phi) is 5.38. The largest absolute Gasteiger partial charge is 0.489 e. The molecular formula is C17H14ClN5O2. The van der Waals surface area contributed by atoms with Crippen LogP contribution in [-0.2, 0) is 6.61 Å². The Labute approximate surface area is 148 Å². The lowest BCUT2D eigenvalue weighted by molar-refractivity contribution is 0.306. The maximum absolute atomic E-state index is 11.0. The van der Waals surface area contributed by atoms with E-state index < -0.39 is 5.69 Å². The molecule has 2 N–H and O–H groups in total. The van der Waals surface area contributed by atoms with Crippen LogP contribution in [-0.4, -0.2) is 21.4 Å². The second-order valence-corrected chi connectivity index (χ2v) is 5.47. The number of nitrogens with one attached hydrogen (secondary N) is 2. The first-order valence-corrected chi connectivity index (χ1v) is 7.75. The number of hydrogen-bond donors (Lipinski definition) is 2. The molecule has 0 saturated carbocycles. The summed E-state index contributed by atoms with van der Waals surface area (Å²) in [5.74, 6) is 0.977. The molecule has 0 aliphatic heterocycles. The minimum atomic E-state index is -0.544. The quantitative estimate of drug-likeness (QED) is 0.524. The molecule has 0 aliphatic carbocycles. The van der Waals surface area contributed by atoms with Gasteiger partial charge < -0.3 is 4.74 Å². The summed E-state index contributed by atoms with van der Waals surface area (Å²) in [5.41, 5.74) is 3.95. The van der Waals surface area contributed by atoms with Gasteiger partial charge in [0.15, 0.2) is 5.82 Å². The Morgan fingerprint density at radius 1 is 1.24 bits per heavy atom. The van der Waals surface area contributed by atoms with Crippen LogP contribution in [0.15, 0.2) is 64.6 Å². The van der Waals surface area contributed by atoms with Gasteiger partial charge in [-0.15, -0.1) is 0 Å². The zero-order chi connectivity index (χ0) is 17.5. The number of H-pyrrole nitrogens is 1. The predicted octanol–water partition coefficient (Wildman–Crippen LogP) is 2.84. The van der Waals surface area contributed by atoms with Crippen molar-refractivity contribution >= 4 is 23.6 Å². The standard InChI is InChI=1S/C17H14ClN5O2/c18-14-6-4-12(5-7-14)11-25-15-3-1-2-13(8-15)9-19-22-16-10-20-23-17(24)21-16/h1-10H,11H2,(H2,21,22,23,24)/b19-9+. The maximum atomic E-state index is 11.0. The number of hydrazone groups is 1. The summed E-state index contributed by atoms with van der Waals surface area (Å²) in [6, 6.07) is 14.9. The van der Waals surface area contributed by atoms with E-state index in [0.717, 1.165) is 16.9 Å². The number of aromatic nitrogens is 3. The van der Waals surface area contributed by atoms with E-state index in [0.29, 0.717) is 11.6 Å². The first-order valence-electron chi connectivity index (χ1n) is 7.37. The molecule has 0 saturated heterocycles. The van der Waals surface area contributed by atoms with Crippen LogP contribution >= 0.6 is 11.6 Å². The minimum Gasteiger partial charge on any atom is -0.489 e. The average molecular weight is 356 g/mol. The summed E-state index contributed by atoms with van der Waals surface area (Å²) >= 11 is 5.86. The van der Waals surface area contributed by atoms with E-state index in [4.69, 9.17) is 16.3 Å². The van der Waals surface area contributed by atoms with Gasteiger partial charge in [0.1, 0.15) is 12.4 Å². The fourth-order valence-corrected chi connectivity index (χ4v) is 2.10. The van der Waals surface area contributed by atoms with E-state index in [1.165, 1.54) is 6.20 Å². The molecule has 0 spiro atoms. The highest BCUT2D eigenvalue weighted by Gasteiger charge is 1.98. The molecular weight excluding hydrogens is 342 g/mol. The van der Waals surface area contributed by atoms with E-state index in [1.807, 2.05) is 48.5 Å². The first kappa shape index (κ1) is 16.7. The van der Waals surface area contributed by atoms with Gasteiger partial charge in [-0.2, -0.15) is 15.2 Å². The first-order chi connectivity index (χ1) is 12.2. The number of anilines is 1. The number of nitrogens with zero attached hydrogens (tertiary/aromatic N) is 3. The van der Waals surface area contributed by atoms with E-state index >= 15 is 0 Å². The second-order valence-electron chi connectivity index (χ2n) is 5.03. The van der Waals surface area contributed by atoms with E-state index in [-0.39, 0.29) is 5.82 Å². The summed E-state index contributed by atoms with van der Waals surface area (Å²) in [6.07, 6.45) is 2.96. The number of halogens is 1. The lowest BCUT2D eigenvalue weighted by atomic mass is 10.2. The van der Waals surface area contributed by atoms with E-state index in [2.05, 4.69) is 25.7 Å². The molecule has 3 rings (SSSR count). The van der Waals surface area contributed by atoms with Crippen LogP contribution < -0.4 is 15.9 Å². The lowest BCUT2D eigenvalue weighted by Crippen LogP contribution is -2.13. The molecule has 7 nitrogen and oxygen atoms in total. The number of aromatic amines is 1. The smallest absolute Gasteiger partial charge is 0.363 e. The van der Waals surface area contributed by atoms with Gasteiger partial charge in [-0.05, 0) is 35.4 Å². The van der Waals surface area contributed by atoms with Crippen molar-refractivity contribution in [2.45, 2.75) is 6.61 Å². The molecule has 25 heavy (non-hydrogen) atoms. The van der Waals surface area contributed by atoms with Gasteiger partial charge >= 0.3 is 5.69 Å². The number of rotatable bonds is 6. The molecule has 0 bridgehead atoms. The summed E-state index contributed by atoms with van der Waals surface area (Å²) in [6.45, 7) is 0.443. The van der Waals surface area contributed by atoms with Crippen molar-refractivity contribution in [3.8, 4) is 5.75 Å². The van der Waals surface area contributed by atoms with Crippen molar-refractivity contribution < 1.29 is 4.74 Å². The zero-order valence-corrected chi connectivity index (χ0v) is 13.8. The third kappa shape index (κ3) is 5.15. The molecule has 3 aromatic rings. The number of ether oxygens (including phenoxy) is 1. The van der Waals surface area contributed by atoms with Crippen molar-refractivity contribution in [2.24, 2.45) is 5.10 Å². The molecule has 1 heterocycles. The van der Waals surface area contributed by atoms with Crippen LogP contribution in [0.4, 0.5) is 5.82 Å². The van der Waals surface area contributed by atoms with Crippen molar-refractivity contribution in [1.82, 2.24) is 15.2 Å².